The normalized spacial score (nSPS) is 19.9. The largest absolute Gasteiger partial charge is 0.379 e. The monoisotopic (exact) mass is 360 g/mol. The first-order chi connectivity index (χ1) is 12.5. The molecule has 0 aromatic carbocycles. The number of hydrogen-bond acceptors (Lipinski definition) is 6. The van der Waals surface area contributed by atoms with Gasteiger partial charge in [-0.25, -0.2) is 4.79 Å². The molecule has 9 heteroatoms. The van der Waals surface area contributed by atoms with E-state index in [2.05, 4.69) is 15.3 Å². The molecule has 0 spiro atoms. The van der Waals surface area contributed by atoms with E-state index >= 15 is 0 Å². The number of carbonyl (C=O) groups excluding carboxylic acids is 1. The first-order valence-corrected chi connectivity index (χ1v) is 8.24. The van der Waals surface area contributed by atoms with E-state index in [1.807, 2.05) is 18.2 Å². The average molecular weight is 360 g/mol. The van der Waals surface area contributed by atoms with Gasteiger partial charge in [-0.05, 0) is 18.6 Å². The highest BCUT2D eigenvalue weighted by Crippen LogP contribution is 2.14. The number of H-pyrrole nitrogens is 1. The second kappa shape index (κ2) is 8.07. The van der Waals surface area contributed by atoms with Crippen LogP contribution in [0.5, 0.6) is 0 Å². The van der Waals surface area contributed by atoms with Gasteiger partial charge in [-0.2, -0.15) is 0 Å². The van der Waals surface area contributed by atoms with Crippen LogP contribution in [0.1, 0.15) is 22.5 Å². The molecule has 1 saturated heterocycles. The summed E-state index contributed by atoms with van der Waals surface area (Å²) in [5.74, 6) is -0.580. The predicted molar refractivity (Wildman–Crippen MR) is 91.8 cm³/mol. The number of nitrogens with zero attached hydrogens (tertiary/aromatic N) is 2. The molecule has 9 nitrogen and oxygen atoms in total. The number of aromatic nitrogens is 3. The first kappa shape index (κ1) is 18.0. The predicted octanol–water partition coefficient (Wildman–Crippen LogP) is -0.427. The van der Waals surface area contributed by atoms with Crippen LogP contribution in [0, 0.1) is 0 Å². The molecule has 1 aliphatic heterocycles. The highest BCUT2D eigenvalue weighted by molar-refractivity contribution is 5.93. The third-order valence-corrected chi connectivity index (χ3v) is 4.13. The lowest BCUT2D eigenvalue weighted by Gasteiger charge is -2.32. The van der Waals surface area contributed by atoms with Gasteiger partial charge in [0.2, 0.25) is 0 Å². The summed E-state index contributed by atoms with van der Waals surface area (Å²) in [4.78, 5) is 42.0. The van der Waals surface area contributed by atoms with E-state index in [9.17, 15) is 14.4 Å². The lowest BCUT2D eigenvalue weighted by atomic mass is 10.1. The molecule has 0 radical (unpaired) electrons. The van der Waals surface area contributed by atoms with Crippen molar-refractivity contribution in [1.82, 2.24) is 19.9 Å². The Morgan fingerprint density at radius 1 is 1.46 bits per heavy atom. The number of aromatic amines is 1. The minimum absolute atomic E-state index is 0.138. The maximum Gasteiger partial charge on any atom is 0.328 e. The van der Waals surface area contributed by atoms with Crippen molar-refractivity contribution in [3.63, 3.8) is 0 Å². The van der Waals surface area contributed by atoms with Gasteiger partial charge in [-0.3, -0.25) is 19.6 Å². The number of amides is 1. The summed E-state index contributed by atoms with van der Waals surface area (Å²) in [5, 5.41) is 2.76. The molecule has 1 aliphatic rings. The van der Waals surface area contributed by atoms with E-state index in [0.717, 1.165) is 10.3 Å². The maximum absolute atomic E-state index is 12.4. The zero-order valence-corrected chi connectivity index (χ0v) is 14.3. The molecule has 3 heterocycles. The Labute approximate surface area is 149 Å². The maximum atomic E-state index is 12.4. The van der Waals surface area contributed by atoms with Crippen molar-refractivity contribution in [2.75, 3.05) is 13.2 Å². The van der Waals surface area contributed by atoms with Crippen molar-refractivity contribution < 1.29 is 14.3 Å². The van der Waals surface area contributed by atoms with Gasteiger partial charge < -0.3 is 19.4 Å². The zero-order chi connectivity index (χ0) is 18.5. The summed E-state index contributed by atoms with van der Waals surface area (Å²) in [7, 11) is 1.46. The number of pyridine rings is 1. The Kier molecular flexibility index (Phi) is 5.59. The Balaban J connectivity index is 1.68. The van der Waals surface area contributed by atoms with Crippen LogP contribution < -0.4 is 16.6 Å². The molecule has 2 aromatic rings. The molecule has 0 unspecified atom stereocenters. The van der Waals surface area contributed by atoms with Crippen LogP contribution >= 0.6 is 0 Å². The van der Waals surface area contributed by atoms with Crippen LogP contribution in [0.2, 0.25) is 0 Å². The summed E-state index contributed by atoms with van der Waals surface area (Å²) in [6.45, 7) is 1.13. The van der Waals surface area contributed by atoms with Gasteiger partial charge >= 0.3 is 5.69 Å². The van der Waals surface area contributed by atoms with E-state index in [1.165, 1.54) is 13.2 Å². The minimum Gasteiger partial charge on any atom is -0.379 e. The lowest BCUT2D eigenvalue weighted by Crippen LogP contribution is -2.51. The number of carbonyl (C=O) groups is 1. The molecule has 0 saturated carbocycles. The molecule has 2 aromatic heterocycles. The third kappa shape index (κ3) is 4.24. The molecule has 1 amide bonds. The molecule has 0 bridgehead atoms. The molecule has 26 heavy (non-hydrogen) atoms. The summed E-state index contributed by atoms with van der Waals surface area (Å²) in [6.07, 6.45) is 3.25. The van der Waals surface area contributed by atoms with Crippen molar-refractivity contribution in [2.24, 2.45) is 7.05 Å². The highest BCUT2D eigenvalue weighted by atomic mass is 16.5. The zero-order valence-electron chi connectivity index (χ0n) is 14.3. The number of nitrogens with one attached hydrogen (secondary N) is 2. The number of aryl methyl sites for hydroxylation is 1. The van der Waals surface area contributed by atoms with Crippen molar-refractivity contribution >= 4 is 5.91 Å². The summed E-state index contributed by atoms with van der Waals surface area (Å²) in [6, 6.07) is 5.15. The van der Waals surface area contributed by atoms with Crippen LogP contribution in [0.3, 0.4) is 0 Å². The molecule has 0 aliphatic carbocycles. The summed E-state index contributed by atoms with van der Waals surface area (Å²) >= 11 is 0. The van der Waals surface area contributed by atoms with Crippen molar-refractivity contribution in [2.45, 2.75) is 25.2 Å². The van der Waals surface area contributed by atoms with E-state index in [1.54, 1.807) is 6.20 Å². The third-order valence-electron chi connectivity index (χ3n) is 4.13. The molecule has 2 atom stereocenters. The molecular weight excluding hydrogens is 340 g/mol. The van der Waals surface area contributed by atoms with Gasteiger partial charge in [0, 0.05) is 26.0 Å². The SMILES string of the molecule is Cn1cc(C(=O)N[C@@H]2COCC[C@H]2OCc2ccccn2)c(=O)[nH]c1=O. The minimum atomic E-state index is -0.728. The van der Waals surface area contributed by atoms with E-state index in [4.69, 9.17) is 9.47 Å². The fourth-order valence-electron chi connectivity index (χ4n) is 2.70. The highest BCUT2D eigenvalue weighted by Gasteiger charge is 2.29. The number of ether oxygens (including phenoxy) is 2. The second-order valence-electron chi connectivity index (χ2n) is 6.03. The lowest BCUT2D eigenvalue weighted by molar-refractivity contribution is -0.0613. The van der Waals surface area contributed by atoms with E-state index in [0.29, 0.717) is 19.6 Å². The molecule has 2 N–H and O–H groups in total. The number of rotatable bonds is 5. The van der Waals surface area contributed by atoms with Crippen LogP contribution in [0.4, 0.5) is 0 Å². The molecule has 138 valence electrons. The second-order valence-corrected chi connectivity index (χ2v) is 6.03. The van der Waals surface area contributed by atoms with Crippen LogP contribution in [0.25, 0.3) is 0 Å². The first-order valence-electron chi connectivity index (χ1n) is 8.24. The Bertz CT molecular complexity index is 877. The van der Waals surface area contributed by atoms with Crippen molar-refractivity contribution in [3.05, 3.63) is 62.7 Å². The Hall–Kier alpha value is -2.78. The van der Waals surface area contributed by atoms with Crippen LogP contribution in [-0.2, 0) is 23.1 Å². The topological polar surface area (TPSA) is 115 Å². The Morgan fingerprint density at radius 2 is 2.31 bits per heavy atom. The van der Waals surface area contributed by atoms with Crippen molar-refractivity contribution in [1.29, 1.82) is 0 Å². The Morgan fingerprint density at radius 3 is 3.08 bits per heavy atom. The summed E-state index contributed by atoms with van der Waals surface area (Å²) in [5.41, 5.74) is -0.655. The van der Waals surface area contributed by atoms with E-state index in [-0.39, 0.29) is 18.3 Å². The quantitative estimate of drug-likeness (QED) is 0.748. The standard InChI is InChI=1S/C17H20N4O5/c1-21-8-12(16(23)20-17(21)24)15(22)19-13-10-25-7-5-14(13)26-9-11-4-2-3-6-18-11/h2-4,6,8,13-14H,5,7,9-10H2,1H3,(H,19,22)(H,20,23,24)/t13-,14-/m1/s1. The van der Waals surface area contributed by atoms with Gasteiger partial charge in [-0.1, -0.05) is 6.07 Å². The fourth-order valence-corrected chi connectivity index (χ4v) is 2.70. The van der Waals surface area contributed by atoms with Crippen molar-refractivity contribution in [3.8, 4) is 0 Å². The molecule has 1 fully saturated rings. The van der Waals surface area contributed by atoms with Gasteiger partial charge in [0.1, 0.15) is 5.56 Å². The molecule has 3 rings (SSSR count). The van der Waals surface area contributed by atoms with Gasteiger partial charge in [0.25, 0.3) is 11.5 Å². The summed E-state index contributed by atoms with van der Waals surface area (Å²) < 4.78 is 12.5. The van der Waals surface area contributed by atoms with Crippen LogP contribution in [0.15, 0.2) is 40.2 Å². The average Bonchev–Trinajstić information content (AvgIpc) is 2.64. The van der Waals surface area contributed by atoms with Gasteiger partial charge in [-0.15, -0.1) is 0 Å². The number of hydrogen-bond donors (Lipinski definition) is 2. The smallest absolute Gasteiger partial charge is 0.328 e. The van der Waals surface area contributed by atoms with E-state index < -0.39 is 23.2 Å². The van der Waals surface area contributed by atoms with Gasteiger partial charge in [0.15, 0.2) is 0 Å². The molecular formula is C17H20N4O5. The van der Waals surface area contributed by atoms with Crippen LogP contribution in [-0.4, -0.2) is 45.8 Å². The van der Waals surface area contributed by atoms with Gasteiger partial charge in [0.05, 0.1) is 31.1 Å². The fraction of sp³-hybridized carbons (Fsp3) is 0.412.